The second kappa shape index (κ2) is 7.65. The van der Waals surface area contributed by atoms with Crippen LogP contribution in [-0.4, -0.2) is 5.25 Å². The monoisotopic (exact) mass is 266 g/mol. The zero-order valence-electron chi connectivity index (χ0n) is 10.9. The molecule has 0 aliphatic heterocycles. The number of hydrogen-bond donors (Lipinski definition) is 0. The first-order valence-corrected chi connectivity index (χ1v) is 7.32. The van der Waals surface area contributed by atoms with Crippen LogP contribution >= 0.6 is 11.8 Å². The van der Waals surface area contributed by atoms with Crippen LogP contribution in [0, 0.1) is 0 Å². The number of rotatable bonds is 6. The summed E-state index contributed by atoms with van der Waals surface area (Å²) in [6, 6.07) is 20.9. The third kappa shape index (κ3) is 4.80. The first-order valence-electron chi connectivity index (χ1n) is 6.44. The number of thioether (sulfide) groups is 1. The van der Waals surface area contributed by atoms with E-state index in [1.807, 2.05) is 30.0 Å². The first kappa shape index (κ1) is 13.7. The fourth-order valence-electron chi connectivity index (χ4n) is 1.77. The molecule has 2 rings (SSSR count). The van der Waals surface area contributed by atoms with Crippen LogP contribution in [0.3, 0.4) is 0 Å². The van der Waals surface area contributed by atoms with E-state index in [0.717, 1.165) is 6.42 Å². The Morgan fingerprint density at radius 1 is 0.947 bits per heavy atom. The summed E-state index contributed by atoms with van der Waals surface area (Å²) in [7, 11) is 0. The first-order chi connectivity index (χ1) is 9.38. The molecule has 0 radical (unpaired) electrons. The van der Waals surface area contributed by atoms with Gasteiger partial charge < -0.3 is 0 Å². The van der Waals surface area contributed by atoms with Crippen molar-refractivity contribution >= 4 is 17.8 Å². The van der Waals surface area contributed by atoms with E-state index in [0.29, 0.717) is 5.25 Å². The molecule has 96 valence electrons. The highest BCUT2D eigenvalue weighted by atomic mass is 32.2. The maximum Gasteiger partial charge on any atom is 0.0306 e. The quantitative estimate of drug-likeness (QED) is 0.496. The Morgan fingerprint density at radius 3 is 2.21 bits per heavy atom. The smallest absolute Gasteiger partial charge is 0.0306 e. The fourth-order valence-corrected chi connectivity index (χ4v) is 2.74. The average molecular weight is 266 g/mol. The summed E-state index contributed by atoms with van der Waals surface area (Å²) in [6.07, 6.45) is 7.41. The van der Waals surface area contributed by atoms with Crippen molar-refractivity contribution in [1.29, 1.82) is 0 Å². The second-order valence-corrected chi connectivity index (χ2v) is 5.57. The average Bonchev–Trinajstić information content (AvgIpc) is 2.48. The SMILES string of the molecule is C=CC(CC=Cc1ccccc1)Sc1ccccc1. The summed E-state index contributed by atoms with van der Waals surface area (Å²) in [5, 5.41) is 0.419. The Morgan fingerprint density at radius 2 is 1.58 bits per heavy atom. The highest BCUT2D eigenvalue weighted by molar-refractivity contribution is 8.00. The Hall–Kier alpha value is -1.73. The van der Waals surface area contributed by atoms with Gasteiger partial charge in [0, 0.05) is 10.1 Å². The van der Waals surface area contributed by atoms with Gasteiger partial charge in [-0.25, -0.2) is 0 Å². The van der Waals surface area contributed by atoms with Crippen LogP contribution in [0.2, 0.25) is 0 Å². The standard InChI is InChI=1S/C18H18S/c1-2-17(19-18-13-7-4-8-14-18)15-9-12-16-10-5-3-6-11-16/h2-14,17H,1,15H2. The second-order valence-electron chi connectivity index (χ2n) is 4.25. The van der Waals surface area contributed by atoms with Crippen molar-refractivity contribution in [3.8, 4) is 0 Å². The Kier molecular flexibility index (Phi) is 5.51. The highest BCUT2D eigenvalue weighted by Gasteiger charge is 2.03. The molecule has 0 saturated carbocycles. The minimum absolute atomic E-state index is 0.419. The van der Waals surface area contributed by atoms with Crippen molar-refractivity contribution in [2.75, 3.05) is 0 Å². The van der Waals surface area contributed by atoms with E-state index in [2.05, 4.69) is 67.3 Å². The Labute approximate surface area is 119 Å². The molecule has 0 saturated heterocycles. The molecule has 0 aliphatic carbocycles. The van der Waals surface area contributed by atoms with Crippen LogP contribution in [-0.2, 0) is 0 Å². The maximum absolute atomic E-state index is 3.93. The normalized spacial score (nSPS) is 12.4. The molecule has 0 nitrogen and oxygen atoms in total. The fraction of sp³-hybridized carbons (Fsp3) is 0.111. The molecule has 1 unspecified atom stereocenters. The molecule has 0 aliphatic rings. The number of hydrogen-bond acceptors (Lipinski definition) is 1. The van der Waals surface area contributed by atoms with Crippen molar-refractivity contribution in [3.05, 3.63) is 85.0 Å². The zero-order valence-corrected chi connectivity index (χ0v) is 11.7. The van der Waals surface area contributed by atoms with Crippen molar-refractivity contribution in [2.24, 2.45) is 0 Å². The molecular weight excluding hydrogens is 248 g/mol. The molecule has 0 N–H and O–H groups in total. The number of allylic oxidation sites excluding steroid dienone is 1. The molecule has 0 aromatic heterocycles. The van der Waals surface area contributed by atoms with E-state index in [1.165, 1.54) is 10.5 Å². The van der Waals surface area contributed by atoms with Crippen LogP contribution < -0.4 is 0 Å². The van der Waals surface area contributed by atoms with E-state index in [4.69, 9.17) is 0 Å². The third-order valence-electron chi connectivity index (χ3n) is 2.77. The molecule has 0 fully saturated rings. The van der Waals surface area contributed by atoms with Crippen molar-refractivity contribution < 1.29 is 0 Å². The lowest BCUT2D eigenvalue weighted by Gasteiger charge is -2.09. The number of benzene rings is 2. The molecule has 0 spiro atoms. The van der Waals surface area contributed by atoms with Gasteiger partial charge in [-0.05, 0) is 24.1 Å². The zero-order chi connectivity index (χ0) is 13.3. The molecule has 2 aromatic rings. The molecule has 0 bridgehead atoms. The lowest BCUT2D eigenvalue weighted by Crippen LogP contribution is -1.94. The summed E-state index contributed by atoms with van der Waals surface area (Å²) < 4.78 is 0. The van der Waals surface area contributed by atoms with E-state index >= 15 is 0 Å². The van der Waals surface area contributed by atoms with E-state index in [1.54, 1.807) is 0 Å². The van der Waals surface area contributed by atoms with Gasteiger partial charge in [-0.3, -0.25) is 0 Å². The Balaban J connectivity index is 1.90. The Bertz CT molecular complexity index is 514. The van der Waals surface area contributed by atoms with E-state index in [9.17, 15) is 0 Å². The minimum Gasteiger partial charge on any atom is -0.118 e. The van der Waals surface area contributed by atoms with Gasteiger partial charge >= 0.3 is 0 Å². The van der Waals surface area contributed by atoms with Gasteiger partial charge in [0.05, 0.1) is 0 Å². The van der Waals surface area contributed by atoms with Gasteiger partial charge in [-0.1, -0.05) is 66.8 Å². The highest BCUT2D eigenvalue weighted by Crippen LogP contribution is 2.26. The molecule has 0 amide bonds. The summed E-state index contributed by atoms with van der Waals surface area (Å²) in [5.74, 6) is 0. The summed E-state index contributed by atoms with van der Waals surface area (Å²) >= 11 is 1.85. The van der Waals surface area contributed by atoms with E-state index in [-0.39, 0.29) is 0 Å². The van der Waals surface area contributed by atoms with Crippen LogP contribution in [0.15, 0.2) is 84.3 Å². The lowest BCUT2D eigenvalue weighted by atomic mass is 10.2. The van der Waals surface area contributed by atoms with E-state index < -0.39 is 0 Å². The molecule has 1 atom stereocenters. The minimum atomic E-state index is 0.419. The summed E-state index contributed by atoms with van der Waals surface area (Å²) in [6.45, 7) is 3.93. The van der Waals surface area contributed by atoms with Gasteiger partial charge in [-0.15, -0.1) is 18.3 Å². The van der Waals surface area contributed by atoms with Crippen molar-refractivity contribution in [3.63, 3.8) is 0 Å². The summed E-state index contributed by atoms with van der Waals surface area (Å²) in [5.41, 5.74) is 1.25. The van der Waals surface area contributed by atoms with Gasteiger partial charge in [0.1, 0.15) is 0 Å². The van der Waals surface area contributed by atoms with Gasteiger partial charge in [-0.2, -0.15) is 0 Å². The van der Waals surface area contributed by atoms with Crippen molar-refractivity contribution in [1.82, 2.24) is 0 Å². The van der Waals surface area contributed by atoms with Crippen LogP contribution in [0.5, 0.6) is 0 Å². The predicted octanol–water partition coefficient (Wildman–Crippen LogP) is 5.44. The molecular formula is C18H18S. The van der Waals surface area contributed by atoms with Crippen LogP contribution in [0.1, 0.15) is 12.0 Å². The van der Waals surface area contributed by atoms with Gasteiger partial charge in [0.25, 0.3) is 0 Å². The van der Waals surface area contributed by atoms with Gasteiger partial charge in [0.15, 0.2) is 0 Å². The van der Waals surface area contributed by atoms with Crippen molar-refractivity contribution in [2.45, 2.75) is 16.6 Å². The lowest BCUT2D eigenvalue weighted by molar-refractivity contribution is 1.08. The van der Waals surface area contributed by atoms with Crippen LogP contribution in [0.4, 0.5) is 0 Å². The largest absolute Gasteiger partial charge is 0.118 e. The molecule has 1 heteroatoms. The van der Waals surface area contributed by atoms with Crippen LogP contribution in [0.25, 0.3) is 6.08 Å². The molecule has 19 heavy (non-hydrogen) atoms. The molecule has 0 heterocycles. The van der Waals surface area contributed by atoms with Gasteiger partial charge in [0.2, 0.25) is 0 Å². The topological polar surface area (TPSA) is 0 Å². The molecule has 2 aromatic carbocycles. The maximum atomic E-state index is 3.93. The predicted molar refractivity (Wildman–Crippen MR) is 86.4 cm³/mol. The summed E-state index contributed by atoms with van der Waals surface area (Å²) in [4.78, 5) is 1.29. The third-order valence-corrected chi connectivity index (χ3v) is 4.00.